The molecule has 1 aromatic heterocycles. The van der Waals surface area contributed by atoms with E-state index in [4.69, 9.17) is 9.72 Å². The van der Waals surface area contributed by atoms with Crippen LogP contribution in [0.4, 0.5) is 0 Å². The highest BCUT2D eigenvalue weighted by Crippen LogP contribution is 2.20. The van der Waals surface area contributed by atoms with Gasteiger partial charge in [0.2, 0.25) is 0 Å². The molecule has 0 aliphatic heterocycles. The highest BCUT2D eigenvalue weighted by molar-refractivity contribution is 5.94. The lowest BCUT2D eigenvalue weighted by molar-refractivity contribution is 0.0954. The molecule has 0 radical (unpaired) electrons. The van der Waals surface area contributed by atoms with Gasteiger partial charge in [-0.25, -0.2) is 4.98 Å². The van der Waals surface area contributed by atoms with Gasteiger partial charge < -0.3 is 14.6 Å². The molecule has 1 N–H and O–H groups in total. The van der Waals surface area contributed by atoms with Gasteiger partial charge in [0, 0.05) is 18.5 Å². The number of aryl methyl sites for hydroxylation is 1. The van der Waals surface area contributed by atoms with Crippen molar-refractivity contribution in [1.82, 2.24) is 14.9 Å². The molecule has 0 saturated heterocycles. The number of fused-ring (bicyclic) bond motifs is 1. The average Bonchev–Trinajstić information content (AvgIpc) is 3.17. The second kappa shape index (κ2) is 10.3. The molecule has 1 amide bonds. The minimum absolute atomic E-state index is 0.0640. The molecule has 33 heavy (non-hydrogen) atoms. The van der Waals surface area contributed by atoms with E-state index in [1.54, 1.807) is 0 Å². The Bertz CT molecular complexity index is 1210. The summed E-state index contributed by atoms with van der Waals surface area (Å²) in [6.07, 6.45) is 0.648. The first-order chi connectivity index (χ1) is 16.0. The number of carbonyl (C=O) groups is 1. The molecule has 0 fully saturated rings. The van der Waals surface area contributed by atoms with Crippen LogP contribution in [0.25, 0.3) is 11.0 Å². The lowest BCUT2D eigenvalue weighted by Gasteiger charge is -2.12. The first kappa shape index (κ1) is 22.6. The third-order valence-corrected chi connectivity index (χ3v) is 5.81. The van der Waals surface area contributed by atoms with E-state index < -0.39 is 0 Å². The number of ether oxygens (including phenoxy) is 1. The van der Waals surface area contributed by atoms with Crippen molar-refractivity contribution in [1.29, 1.82) is 0 Å². The monoisotopic (exact) mass is 441 g/mol. The van der Waals surface area contributed by atoms with Crippen LogP contribution in [-0.4, -0.2) is 28.6 Å². The van der Waals surface area contributed by atoms with E-state index in [1.807, 2.05) is 61.5 Å². The predicted octanol–water partition coefficient (Wildman–Crippen LogP) is 5.52. The quantitative estimate of drug-likeness (QED) is 0.372. The van der Waals surface area contributed by atoms with E-state index in [0.29, 0.717) is 37.6 Å². The van der Waals surface area contributed by atoms with Gasteiger partial charge in [-0.3, -0.25) is 4.79 Å². The van der Waals surface area contributed by atoms with Crippen molar-refractivity contribution < 1.29 is 9.53 Å². The van der Waals surface area contributed by atoms with Crippen LogP contribution in [0.2, 0.25) is 0 Å². The fraction of sp³-hybridized carbons (Fsp3) is 0.286. The van der Waals surface area contributed by atoms with Crippen LogP contribution >= 0.6 is 0 Å². The molecule has 0 bridgehead atoms. The highest BCUT2D eigenvalue weighted by Gasteiger charge is 2.12. The Morgan fingerprint density at radius 2 is 1.73 bits per heavy atom. The van der Waals surface area contributed by atoms with Gasteiger partial charge in [0.15, 0.2) is 0 Å². The Balaban J connectivity index is 1.39. The Morgan fingerprint density at radius 1 is 1.00 bits per heavy atom. The van der Waals surface area contributed by atoms with Gasteiger partial charge in [0.1, 0.15) is 18.2 Å². The minimum Gasteiger partial charge on any atom is -0.492 e. The highest BCUT2D eigenvalue weighted by atomic mass is 16.5. The van der Waals surface area contributed by atoms with Crippen LogP contribution in [0.5, 0.6) is 5.75 Å². The summed E-state index contributed by atoms with van der Waals surface area (Å²) in [4.78, 5) is 17.2. The van der Waals surface area contributed by atoms with Gasteiger partial charge in [0.25, 0.3) is 5.91 Å². The van der Waals surface area contributed by atoms with E-state index in [-0.39, 0.29) is 5.91 Å². The first-order valence-electron chi connectivity index (χ1n) is 11.5. The predicted molar refractivity (Wildman–Crippen MR) is 133 cm³/mol. The van der Waals surface area contributed by atoms with Crippen LogP contribution in [0.1, 0.15) is 47.1 Å². The molecular weight excluding hydrogens is 410 g/mol. The Morgan fingerprint density at radius 3 is 2.45 bits per heavy atom. The van der Waals surface area contributed by atoms with E-state index >= 15 is 0 Å². The van der Waals surface area contributed by atoms with Gasteiger partial charge in [-0.05, 0) is 54.8 Å². The third kappa shape index (κ3) is 5.61. The van der Waals surface area contributed by atoms with Gasteiger partial charge in [-0.15, -0.1) is 0 Å². The first-order valence-corrected chi connectivity index (χ1v) is 11.5. The van der Waals surface area contributed by atoms with Crippen LogP contribution in [0.3, 0.4) is 0 Å². The van der Waals surface area contributed by atoms with Crippen molar-refractivity contribution in [2.24, 2.45) is 0 Å². The van der Waals surface area contributed by atoms with E-state index in [1.165, 1.54) is 5.56 Å². The largest absolute Gasteiger partial charge is 0.492 e. The minimum atomic E-state index is -0.0640. The van der Waals surface area contributed by atoms with Gasteiger partial charge in [0.05, 0.1) is 17.6 Å². The van der Waals surface area contributed by atoms with Crippen molar-refractivity contribution >= 4 is 16.9 Å². The van der Waals surface area contributed by atoms with Crippen molar-refractivity contribution in [3.8, 4) is 5.75 Å². The smallest absolute Gasteiger partial charge is 0.251 e. The number of nitrogens with zero attached hydrogens (tertiary/aromatic N) is 2. The third-order valence-electron chi connectivity index (χ3n) is 5.81. The van der Waals surface area contributed by atoms with Gasteiger partial charge >= 0.3 is 0 Å². The molecule has 1 heterocycles. The molecule has 0 aliphatic rings. The number of aromatic nitrogens is 2. The summed E-state index contributed by atoms with van der Waals surface area (Å²) < 4.78 is 8.20. The van der Waals surface area contributed by atoms with Crippen molar-refractivity contribution in [3.63, 3.8) is 0 Å². The molecular formula is C28H31N3O2. The summed E-state index contributed by atoms with van der Waals surface area (Å²) in [6, 6.07) is 24.0. The maximum Gasteiger partial charge on any atom is 0.251 e. The van der Waals surface area contributed by atoms with Gasteiger partial charge in [-0.1, -0.05) is 55.8 Å². The topological polar surface area (TPSA) is 56.2 Å². The lowest BCUT2D eigenvalue weighted by atomic mass is 10.0. The lowest BCUT2D eigenvalue weighted by Crippen LogP contribution is -2.26. The average molecular weight is 442 g/mol. The molecule has 0 unspecified atom stereocenters. The molecule has 3 aromatic carbocycles. The summed E-state index contributed by atoms with van der Waals surface area (Å²) >= 11 is 0. The Labute approximate surface area is 195 Å². The Kier molecular flexibility index (Phi) is 7.08. The molecule has 0 spiro atoms. The number of imidazole rings is 1. The maximum atomic E-state index is 12.4. The molecule has 0 atom stereocenters. The van der Waals surface area contributed by atoms with E-state index in [2.05, 4.69) is 41.9 Å². The van der Waals surface area contributed by atoms with Crippen molar-refractivity contribution in [2.75, 3.05) is 13.2 Å². The van der Waals surface area contributed by atoms with E-state index in [9.17, 15) is 4.79 Å². The van der Waals surface area contributed by atoms with Crippen molar-refractivity contribution in [2.45, 2.75) is 39.7 Å². The molecule has 0 saturated carbocycles. The summed E-state index contributed by atoms with van der Waals surface area (Å²) in [5, 5.41) is 3.01. The number of amides is 1. The molecule has 170 valence electrons. The molecule has 5 heteroatoms. The molecule has 0 aliphatic carbocycles. The number of carbonyl (C=O) groups excluding carboxylic acids is 1. The number of para-hydroxylation sites is 2. The summed E-state index contributed by atoms with van der Waals surface area (Å²) in [5.41, 5.74) is 5.15. The second-order valence-corrected chi connectivity index (χ2v) is 8.61. The zero-order valence-corrected chi connectivity index (χ0v) is 19.5. The van der Waals surface area contributed by atoms with Crippen LogP contribution in [0.15, 0.2) is 72.8 Å². The zero-order valence-electron chi connectivity index (χ0n) is 19.5. The standard InChI is InChI=1S/C28H31N3O2/c1-20(2)22-12-14-24(15-13-22)33-19-18-31-26-7-5-4-6-25(26)30-27(31)16-17-29-28(32)23-10-8-21(3)9-11-23/h4-15,20H,16-19H2,1-3H3,(H,29,32). The number of hydrogen-bond acceptors (Lipinski definition) is 3. The summed E-state index contributed by atoms with van der Waals surface area (Å²) in [6.45, 7) is 8.14. The zero-order chi connectivity index (χ0) is 23.2. The fourth-order valence-corrected chi connectivity index (χ4v) is 3.86. The number of rotatable bonds is 9. The summed E-state index contributed by atoms with van der Waals surface area (Å²) in [5.74, 6) is 2.26. The second-order valence-electron chi connectivity index (χ2n) is 8.61. The van der Waals surface area contributed by atoms with Crippen LogP contribution in [-0.2, 0) is 13.0 Å². The maximum absolute atomic E-state index is 12.4. The normalized spacial score (nSPS) is 11.2. The molecule has 4 rings (SSSR count). The Hall–Kier alpha value is -3.60. The molecule has 4 aromatic rings. The molecule has 5 nitrogen and oxygen atoms in total. The van der Waals surface area contributed by atoms with Gasteiger partial charge in [-0.2, -0.15) is 0 Å². The number of benzene rings is 3. The SMILES string of the molecule is Cc1ccc(C(=O)NCCc2nc3ccccc3n2CCOc2ccc(C(C)C)cc2)cc1. The number of hydrogen-bond donors (Lipinski definition) is 1. The van der Waals surface area contributed by atoms with Crippen molar-refractivity contribution in [3.05, 3.63) is 95.3 Å². The van der Waals surface area contributed by atoms with E-state index in [0.717, 1.165) is 28.2 Å². The fourth-order valence-electron chi connectivity index (χ4n) is 3.86. The van der Waals surface area contributed by atoms with Crippen LogP contribution in [0, 0.1) is 6.92 Å². The van der Waals surface area contributed by atoms with Crippen LogP contribution < -0.4 is 10.1 Å². The number of nitrogens with one attached hydrogen (secondary N) is 1. The summed E-state index contributed by atoms with van der Waals surface area (Å²) in [7, 11) is 0.